The minimum absolute atomic E-state index is 0.0462. The summed E-state index contributed by atoms with van der Waals surface area (Å²) in [7, 11) is 0. The quantitative estimate of drug-likeness (QED) is 0.538. The third kappa shape index (κ3) is 5.91. The molecule has 0 saturated carbocycles. The molecule has 3 atom stereocenters. The van der Waals surface area contributed by atoms with Crippen LogP contribution in [-0.4, -0.2) is 29.9 Å². The Morgan fingerprint density at radius 3 is 2.56 bits per heavy atom. The zero-order valence-corrected chi connectivity index (χ0v) is 16.9. The number of allylic oxidation sites excluding steroid dienone is 3. The van der Waals surface area contributed by atoms with E-state index in [4.69, 9.17) is 9.47 Å². The number of rotatable bonds is 2. The average molecular weight is 374 g/mol. The van der Waals surface area contributed by atoms with Gasteiger partial charge in [0.25, 0.3) is 0 Å². The third-order valence-electron chi connectivity index (χ3n) is 5.09. The first-order chi connectivity index (χ1) is 12.7. The number of ketones is 1. The van der Waals surface area contributed by atoms with Crippen molar-refractivity contribution in [1.29, 1.82) is 0 Å². The fourth-order valence-corrected chi connectivity index (χ4v) is 3.84. The minimum Gasteiger partial charge on any atom is -0.462 e. The average Bonchev–Trinajstić information content (AvgIpc) is 2.85. The summed E-state index contributed by atoms with van der Waals surface area (Å²) < 4.78 is 11.2. The number of carbonyl (C=O) groups excluding carboxylic acids is 3. The molecule has 2 aliphatic rings. The van der Waals surface area contributed by atoms with Gasteiger partial charge in [0.2, 0.25) is 0 Å². The van der Waals surface area contributed by atoms with E-state index >= 15 is 0 Å². The third-order valence-corrected chi connectivity index (χ3v) is 5.09. The van der Waals surface area contributed by atoms with Crippen molar-refractivity contribution in [1.82, 2.24) is 0 Å². The summed E-state index contributed by atoms with van der Waals surface area (Å²) in [4.78, 5) is 36.3. The molecule has 0 fully saturated rings. The van der Waals surface area contributed by atoms with Gasteiger partial charge in [-0.3, -0.25) is 9.59 Å². The molecule has 27 heavy (non-hydrogen) atoms. The molecule has 0 saturated heterocycles. The molecule has 0 spiro atoms. The molecule has 148 valence electrons. The predicted molar refractivity (Wildman–Crippen MR) is 103 cm³/mol. The van der Waals surface area contributed by atoms with Crippen molar-refractivity contribution < 1.29 is 23.9 Å². The highest BCUT2D eigenvalue weighted by atomic mass is 16.6. The molecular formula is C22H30O5. The molecule has 1 aliphatic heterocycles. The monoisotopic (exact) mass is 374 g/mol. The highest BCUT2D eigenvalue weighted by molar-refractivity contribution is 6.01. The van der Waals surface area contributed by atoms with Crippen LogP contribution in [0, 0.1) is 11.8 Å². The molecule has 0 aromatic carbocycles. The molecule has 0 aromatic rings. The normalized spacial score (nSPS) is 31.2. The molecule has 0 aromatic heterocycles. The van der Waals surface area contributed by atoms with Gasteiger partial charge in [0.15, 0.2) is 5.78 Å². The van der Waals surface area contributed by atoms with E-state index in [0.29, 0.717) is 12.0 Å². The fraction of sp³-hybridized carbons (Fsp3) is 0.591. The Balaban J connectivity index is 2.43. The molecule has 0 N–H and O–H groups in total. The number of carbonyl (C=O) groups is 3. The highest BCUT2D eigenvalue weighted by Crippen LogP contribution is 2.34. The number of ether oxygens (including phenoxy) is 2. The van der Waals surface area contributed by atoms with Gasteiger partial charge in [-0.05, 0) is 44.8 Å². The maximum Gasteiger partial charge on any atom is 0.334 e. The second-order valence-electron chi connectivity index (χ2n) is 7.96. The lowest BCUT2D eigenvalue weighted by atomic mass is 9.82. The second kappa shape index (κ2) is 9.16. The van der Waals surface area contributed by atoms with Crippen LogP contribution in [0.15, 0.2) is 34.9 Å². The summed E-state index contributed by atoms with van der Waals surface area (Å²) in [6.45, 7) is 9.40. The molecule has 1 aliphatic carbocycles. The lowest BCUT2D eigenvalue weighted by Crippen LogP contribution is -2.38. The zero-order chi connectivity index (χ0) is 20.1. The van der Waals surface area contributed by atoms with Crippen LogP contribution in [-0.2, 0) is 23.9 Å². The summed E-state index contributed by atoms with van der Waals surface area (Å²) in [6, 6.07) is 0. The Hall–Kier alpha value is -2.17. The molecule has 0 amide bonds. The van der Waals surface area contributed by atoms with E-state index in [1.165, 1.54) is 6.92 Å². The first-order valence-electron chi connectivity index (χ1n) is 9.62. The van der Waals surface area contributed by atoms with Crippen molar-refractivity contribution in [2.45, 2.75) is 72.5 Å². The zero-order valence-electron chi connectivity index (χ0n) is 16.9. The number of fused-ring (bicyclic) bond motifs is 1. The Bertz CT molecular complexity index is 695. The van der Waals surface area contributed by atoms with E-state index in [0.717, 1.165) is 24.0 Å². The van der Waals surface area contributed by atoms with Crippen molar-refractivity contribution in [3.8, 4) is 0 Å². The maximum atomic E-state index is 12.3. The highest BCUT2D eigenvalue weighted by Gasteiger charge is 2.39. The Labute approximate surface area is 161 Å². The standard InChI is InChI=1S/C22H30O5/c1-13(2)21-19(26-16(5)23)10-15(4)8-6-7-14(3)9-18(24)11-17-12-20(21)27-22(17)25/h8-9,12-13,19-21H,6-7,10-11H2,1-5H3/b14-9-,15-8-/t19-,20-,21-/m1/s1. The molecular weight excluding hydrogens is 344 g/mol. The molecule has 0 unspecified atom stereocenters. The van der Waals surface area contributed by atoms with Crippen LogP contribution in [0.3, 0.4) is 0 Å². The van der Waals surface area contributed by atoms with Gasteiger partial charge >= 0.3 is 11.9 Å². The lowest BCUT2D eigenvalue weighted by molar-refractivity contribution is -0.156. The van der Waals surface area contributed by atoms with E-state index in [1.54, 1.807) is 12.2 Å². The van der Waals surface area contributed by atoms with Gasteiger partial charge in [-0.1, -0.05) is 31.1 Å². The van der Waals surface area contributed by atoms with Crippen LogP contribution >= 0.6 is 0 Å². The van der Waals surface area contributed by atoms with Gasteiger partial charge in [-0.2, -0.15) is 0 Å². The van der Waals surface area contributed by atoms with E-state index < -0.39 is 12.1 Å². The van der Waals surface area contributed by atoms with Crippen molar-refractivity contribution in [2.75, 3.05) is 0 Å². The molecule has 2 bridgehead atoms. The first-order valence-corrected chi connectivity index (χ1v) is 9.62. The molecule has 0 radical (unpaired) electrons. The van der Waals surface area contributed by atoms with E-state index in [9.17, 15) is 14.4 Å². The van der Waals surface area contributed by atoms with Crippen LogP contribution in [0.5, 0.6) is 0 Å². The smallest absolute Gasteiger partial charge is 0.334 e. The van der Waals surface area contributed by atoms with Gasteiger partial charge in [0.1, 0.15) is 12.2 Å². The predicted octanol–water partition coefficient (Wildman–Crippen LogP) is 4.08. The van der Waals surface area contributed by atoms with Gasteiger partial charge < -0.3 is 9.47 Å². The summed E-state index contributed by atoms with van der Waals surface area (Å²) in [6.07, 6.45) is 6.86. The van der Waals surface area contributed by atoms with E-state index in [1.807, 2.05) is 27.7 Å². The summed E-state index contributed by atoms with van der Waals surface area (Å²) in [5.74, 6) is -0.933. The van der Waals surface area contributed by atoms with Gasteiger partial charge in [-0.15, -0.1) is 0 Å². The van der Waals surface area contributed by atoms with Crippen LogP contribution in [0.25, 0.3) is 0 Å². The van der Waals surface area contributed by atoms with Crippen LogP contribution in [0.2, 0.25) is 0 Å². The van der Waals surface area contributed by atoms with Crippen LogP contribution in [0.4, 0.5) is 0 Å². The molecule has 5 nitrogen and oxygen atoms in total. The number of hydrogen-bond acceptors (Lipinski definition) is 5. The SMILES string of the molecule is CC(=O)O[C@@H]1C/C(C)=C\CC/C(C)=C\C(=O)CC2=C[C@@H](OC2=O)[C@@H]1C(C)C. The Kier molecular flexibility index (Phi) is 7.17. The summed E-state index contributed by atoms with van der Waals surface area (Å²) in [5.41, 5.74) is 2.50. The number of hydrogen-bond donors (Lipinski definition) is 0. The Morgan fingerprint density at radius 2 is 1.93 bits per heavy atom. The van der Waals surface area contributed by atoms with E-state index in [2.05, 4.69) is 6.08 Å². The fourth-order valence-electron chi connectivity index (χ4n) is 3.84. The summed E-state index contributed by atoms with van der Waals surface area (Å²) >= 11 is 0. The molecule has 5 heteroatoms. The second-order valence-corrected chi connectivity index (χ2v) is 7.96. The lowest BCUT2D eigenvalue weighted by Gasteiger charge is -2.33. The van der Waals surface area contributed by atoms with Crippen molar-refractivity contribution in [2.24, 2.45) is 11.8 Å². The number of esters is 2. The van der Waals surface area contributed by atoms with Crippen molar-refractivity contribution in [3.05, 3.63) is 34.9 Å². The minimum atomic E-state index is -0.495. The van der Waals surface area contributed by atoms with Gasteiger partial charge in [0, 0.05) is 31.3 Å². The van der Waals surface area contributed by atoms with Crippen molar-refractivity contribution in [3.63, 3.8) is 0 Å². The summed E-state index contributed by atoms with van der Waals surface area (Å²) in [5, 5.41) is 0. The molecule has 2 rings (SSSR count). The topological polar surface area (TPSA) is 69.7 Å². The van der Waals surface area contributed by atoms with Crippen LogP contribution in [0.1, 0.15) is 60.3 Å². The maximum absolute atomic E-state index is 12.3. The largest absolute Gasteiger partial charge is 0.462 e. The van der Waals surface area contributed by atoms with Gasteiger partial charge in [0.05, 0.1) is 0 Å². The first kappa shape index (κ1) is 21.1. The molecule has 1 heterocycles. The van der Waals surface area contributed by atoms with E-state index in [-0.39, 0.29) is 36.1 Å². The van der Waals surface area contributed by atoms with Crippen molar-refractivity contribution >= 4 is 17.7 Å². The Morgan fingerprint density at radius 1 is 1.22 bits per heavy atom. The van der Waals surface area contributed by atoms with Crippen LogP contribution < -0.4 is 0 Å². The van der Waals surface area contributed by atoms with Gasteiger partial charge in [-0.25, -0.2) is 4.79 Å².